The molecule has 96 valence electrons. The Morgan fingerprint density at radius 3 is 2.53 bits per heavy atom. The first kappa shape index (κ1) is 13.7. The van der Waals surface area contributed by atoms with E-state index < -0.39 is 21.2 Å². The molecule has 1 rings (SSSR count). The Kier molecular flexibility index (Phi) is 3.94. The maximum atomic E-state index is 11.8. The number of hydrogen-bond acceptors (Lipinski definition) is 4. The summed E-state index contributed by atoms with van der Waals surface area (Å²) in [6.07, 6.45) is 0. The third-order valence-corrected chi connectivity index (χ3v) is 4.50. The highest BCUT2D eigenvalue weighted by molar-refractivity contribution is 7.90. The maximum Gasteiger partial charge on any atom is 0.323 e. The summed E-state index contributed by atoms with van der Waals surface area (Å²) >= 11 is 0. The summed E-state index contributed by atoms with van der Waals surface area (Å²) in [7, 11) is -2.53. The molecule has 0 aliphatic rings. The third-order valence-electron chi connectivity index (χ3n) is 2.40. The molecule has 1 atom stereocenters. The fourth-order valence-corrected chi connectivity index (χ4v) is 2.38. The number of sulfonamides is 1. The van der Waals surface area contributed by atoms with Gasteiger partial charge in [-0.05, 0) is 26.0 Å². The first-order valence-corrected chi connectivity index (χ1v) is 6.48. The Morgan fingerprint density at radius 1 is 1.53 bits per heavy atom. The van der Waals surface area contributed by atoms with Crippen molar-refractivity contribution in [2.45, 2.75) is 25.6 Å². The maximum absolute atomic E-state index is 11.8. The molecule has 0 saturated heterocycles. The number of rotatable bonds is 5. The van der Waals surface area contributed by atoms with Crippen LogP contribution in [0.4, 0.5) is 0 Å². The number of aliphatic carboxylic acids is 1. The SMILES string of the molecule is Cc1ccc(CN(C)S(=O)(=O)C(C)C(=O)O)o1. The summed E-state index contributed by atoms with van der Waals surface area (Å²) in [5.74, 6) is -0.212. The molecule has 0 bridgehead atoms. The van der Waals surface area contributed by atoms with E-state index in [0.29, 0.717) is 11.5 Å². The number of carbonyl (C=O) groups is 1. The quantitative estimate of drug-likeness (QED) is 0.847. The van der Waals surface area contributed by atoms with Crippen LogP contribution in [0.5, 0.6) is 0 Å². The van der Waals surface area contributed by atoms with E-state index in [-0.39, 0.29) is 6.54 Å². The lowest BCUT2D eigenvalue weighted by Crippen LogP contribution is -2.38. The molecule has 0 aliphatic carbocycles. The average molecular weight is 261 g/mol. The minimum Gasteiger partial charge on any atom is -0.480 e. The number of nitrogens with zero attached hydrogens (tertiary/aromatic N) is 1. The predicted molar refractivity (Wildman–Crippen MR) is 60.9 cm³/mol. The zero-order chi connectivity index (χ0) is 13.2. The van der Waals surface area contributed by atoms with Crippen LogP contribution in [0.3, 0.4) is 0 Å². The fraction of sp³-hybridized carbons (Fsp3) is 0.500. The molecule has 0 saturated carbocycles. The number of aryl methyl sites for hydroxylation is 1. The van der Waals surface area contributed by atoms with Crippen molar-refractivity contribution in [1.29, 1.82) is 0 Å². The van der Waals surface area contributed by atoms with Gasteiger partial charge in [0.25, 0.3) is 0 Å². The second-order valence-electron chi connectivity index (χ2n) is 3.79. The Morgan fingerprint density at radius 2 is 2.12 bits per heavy atom. The van der Waals surface area contributed by atoms with Crippen LogP contribution >= 0.6 is 0 Å². The molecule has 1 N–H and O–H groups in total. The molecule has 1 unspecified atom stereocenters. The van der Waals surface area contributed by atoms with E-state index in [1.807, 2.05) is 0 Å². The van der Waals surface area contributed by atoms with Crippen LogP contribution in [-0.4, -0.2) is 36.1 Å². The van der Waals surface area contributed by atoms with Gasteiger partial charge in [-0.1, -0.05) is 0 Å². The molecular formula is C10H15NO5S. The fourth-order valence-electron chi connectivity index (χ4n) is 1.28. The van der Waals surface area contributed by atoms with Crippen LogP contribution in [-0.2, 0) is 21.4 Å². The van der Waals surface area contributed by atoms with Crippen molar-refractivity contribution in [3.05, 3.63) is 23.7 Å². The molecule has 1 aromatic rings. The van der Waals surface area contributed by atoms with E-state index in [2.05, 4.69) is 0 Å². The number of carboxylic acid groups (broad SMARTS) is 1. The van der Waals surface area contributed by atoms with Gasteiger partial charge >= 0.3 is 5.97 Å². The Bertz CT molecular complexity index is 505. The summed E-state index contributed by atoms with van der Waals surface area (Å²) in [6, 6.07) is 3.38. The van der Waals surface area contributed by atoms with Gasteiger partial charge in [0.2, 0.25) is 10.0 Å². The highest BCUT2D eigenvalue weighted by atomic mass is 32.2. The monoisotopic (exact) mass is 261 g/mol. The van der Waals surface area contributed by atoms with Gasteiger partial charge in [0.15, 0.2) is 5.25 Å². The van der Waals surface area contributed by atoms with Crippen LogP contribution in [0.15, 0.2) is 16.5 Å². The summed E-state index contributed by atoms with van der Waals surface area (Å²) in [5.41, 5.74) is 0. The summed E-state index contributed by atoms with van der Waals surface area (Å²) in [5, 5.41) is 7.24. The van der Waals surface area contributed by atoms with Crippen molar-refractivity contribution in [1.82, 2.24) is 4.31 Å². The highest BCUT2D eigenvalue weighted by Gasteiger charge is 2.31. The molecule has 0 amide bonds. The van der Waals surface area contributed by atoms with E-state index in [1.54, 1.807) is 19.1 Å². The van der Waals surface area contributed by atoms with Crippen LogP contribution in [0.25, 0.3) is 0 Å². The number of hydrogen-bond donors (Lipinski definition) is 1. The number of carboxylic acids is 1. The summed E-state index contributed by atoms with van der Waals surface area (Å²) in [6.45, 7) is 2.91. The molecule has 0 fully saturated rings. The second-order valence-corrected chi connectivity index (χ2v) is 6.15. The van der Waals surface area contributed by atoms with Crippen LogP contribution < -0.4 is 0 Å². The van der Waals surface area contributed by atoms with Crippen LogP contribution in [0.1, 0.15) is 18.4 Å². The van der Waals surface area contributed by atoms with Gasteiger partial charge in [-0.3, -0.25) is 4.79 Å². The Labute approximate surface area is 99.9 Å². The first-order chi connectivity index (χ1) is 7.75. The van der Waals surface area contributed by atoms with E-state index in [0.717, 1.165) is 11.2 Å². The lowest BCUT2D eigenvalue weighted by atomic mass is 10.4. The minimum absolute atomic E-state index is 0.0216. The van der Waals surface area contributed by atoms with Gasteiger partial charge in [0.05, 0.1) is 6.54 Å². The lowest BCUT2D eigenvalue weighted by molar-refractivity contribution is -0.136. The first-order valence-electron chi connectivity index (χ1n) is 4.98. The lowest BCUT2D eigenvalue weighted by Gasteiger charge is -2.18. The van der Waals surface area contributed by atoms with E-state index in [4.69, 9.17) is 9.52 Å². The molecule has 1 aromatic heterocycles. The van der Waals surface area contributed by atoms with E-state index >= 15 is 0 Å². The average Bonchev–Trinajstić information content (AvgIpc) is 2.62. The zero-order valence-electron chi connectivity index (χ0n) is 9.87. The zero-order valence-corrected chi connectivity index (χ0v) is 10.7. The van der Waals surface area contributed by atoms with Gasteiger partial charge in [0, 0.05) is 7.05 Å². The molecule has 1 heterocycles. The molecule has 0 aliphatic heterocycles. The van der Waals surface area contributed by atoms with Crippen molar-refractivity contribution in [2.24, 2.45) is 0 Å². The number of furan rings is 1. The molecule has 0 spiro atoms. The smallest absolute Gasteiger partial charge is 0.323 e. The van der Waals surface area contributed by atoms with Crippen molar-refractivity contribution in [3.63, 3.8) is 0 Å². The normalized spacial score (nSPS) is 13.9. The van der Waals surface area contributed by atoms with Crippen molar-refractivity contribution in [3.8, 4) is 0 Å². The largest absolute Gasteiger partial charge is 0.480 e. The van der Waals surface area contributed by atoms with Gasteiger partial charge in [0.1, 0.15) is 11.5 Å². The summed E-state index contributed by atoms with van der Waals surface area (Å²) < 4.78 is 29.8. The molecular weight excluding hydrogens is 246 g/mol. The van der Waals surface area contributed by atoms with Crippen LogP contribution in [0, 0.1) is 6.92 Å². The molecule has 7 heteroatoms. The Hall–Kier alpha value is -1.34. The standard InChI is InChI=1S/C10H15NO5S/c1-7-4-5-9(16-7)6-11(3)17(14,15)8(2)10(12)13/h4-5,8H,6H2,1-3H3,(H,12,13). The van der Waals surface area contributed by atoms with Gasteiger partial charge < -0.3 is 9.52 Å². The summed E-state index contributed by atoms with van der Waals surface area (Å²) in [4.78, 5) is 10.7. The topological polar surface area (TPSA) is 87.8 Å². The van der Waals surface area contributed by atoms with Crippen molar-refractivity contribution in [2.75, 3.05) is 7.05 Å². The van der Waals surface area contributed by atoms with Gasteiger partial charge in [-0.25, -0.2) is 8.42 Å². The van der Waals surface area contributed by atoms with E-state index in [9.17, 15) is 13.2 Å². The molecule has 17 heavy (non-hydrogen) atoms. The van der Waals surface area contributed by atoms with Crippen molar-refractivity contribution < 1.29 is 22.7 Å². The predicted octanol–water partition coefficient (Wildman–Crippen LogP) is 0.823. The highest BCUT2D eigenvalue weighted by Crippen LogP contribution is 2.14. The minimum atomic E-state index is -3.85. The molecule has 6 nitrogen and oxygen atoms in total. The van der Waals surface area contributed by atoms with Gasteiger partial charge in [-0.15, -0.1) is 0 Å². The van der Waals surface area contributed by atoms with Gasteiger partial charge in [-0.2, -0.15) is 4.31 Å². The van der Waals surface area contributed by atoms with Crippen LogP contribution in [0.2, 0.25) is 0 Å². The second kappa shape index (κ2) is 4.89. The third kappa shape index (κ3) is 3.07. The molecule has 0 radical (unpaired) electrons. The van der Waals surface area contributed by atoms with E-state index in [1.165, 1.54) is 7.05 Å². The molecule has 0 aromatic carbocycles. The van der Waals surface area contributed by atoms with Crippen molar-refractivity contribution >= 4 is 16.0 Å². The Balaban J connectivity index is 2.83.